The third-order valence-corrected chi connectivity index (χ3v) is 3.50. The summed E-state index contributed by atoms with van der Waals surface area (Å²) in [6.07, 6.45) is 0. The van der Waals surface area contributed by atoms with Crippen LogP contribution in [0.25, 0.3) is 0 Å². The van der Waals surface area contributed by atoms with Crippen molar-refractivity contribution in [3.63, 3.8) is 0 Å². The zero-order valence-electron chi connectivity index (χ0n) is 11.6. The highest BCUT2D eigenvalue weighted by Crippen LogP contribution is 2.23. The van der Waals surface area contributed by atoms with Crippen LogP contribution >= 0.6 is 11.6 Å². The van der Waals surface area contributed by atoms with Gasteiger partial charge in [0.15, 0.2) is 0 Å². The van der Waals surface area contributed by atoms with Crippen molar-refractivity contribution in [1.29, 1.82) is 0 Å². The van der Waals surface area contributed by atoms with E-state index in [2.05, 4.69) is 0 Å². The number of hydrogen-bond acceptors (Lipinski definition) is 3. The van der Waals surface area contributed by atoms with Crippen LogP contribution in [0.4, 0.5) is 0 Å². The fraction of sp³-hybridized carbons (Fsp3) is 0.250. The van der Waals surface area contributed by atoms with Crippen LogP contribution in [0, 0.1) is 6.92 Å². The lowest BCUT2D eigenvalue weighted by Crippen LogP contribution is -2.19. The average molecular weight is 292 g/mol. The van der Waals surface area contributed by atoms with Gasteiger partial charge in [0.2, 0.25) is 0 Å². The molecule has 0 aliphatic rings. The smallest absolute Gasteiger partial charge is 0.119 e. The van der Waals surface area contributed by atoms with Crippen molar-refractivity contribution in [2.24, 2.45) is 5.73 Å². The molecule has 1 unspecified atom stereocenters. The maximum absolute atomic E-state index is 6.13. The number of rotatable bonds is 5. The lowest BCUT2D eigenvalue weighted by Gasteiger charge is -2.15. The molecule has 0 spiro atoms. The summed E-state index contributed by atoms with van der Waals surface area (Å²) < 4.78 is 10.9. The third-order valence-electron chi connectivity index (χ3n) is 3.08. The molecule has 0 aromatic heterocycles. The van der Waals surface area contributed by atoms with Gasteiger partial charge in [0.1, 0.15) is 18.1 Å². The molecule has 2 aromatic carbocycles. The van der Waals surface area contributed by atoms with Crippen LogP contribution < -0.4 is 15.2 Å². The minimum absolute atomic E-state index is 0.207. The number of nitrogens with two attached hydrogens (primary N) is 1. The van der Waals surface area contributed by atoms with Crippen LogP contribution in [0.1, 0.15) is 17.2 Å². The van der Waals surface area contributed by atoms with Gasteiger partial charge in [-0.1, -0.05) is 23.7 Å². The molecule has 0 aliphatic heterocycles. The summed E-state index contributed by atoms with van der Waals surface area (Å²) in [5.74, 6) is 1.56. The predicted molar refractivity (Wildman–Crippen MR) is 81.6 cm³/mol. The monoisotopic (exact) mass is 291 g/mol. The van der Waals surface area contributed by atoms with Gasteiger partial charge in [-0.15, -0.1) is 0 Å². The number of aryl methyl sites for hydroxylation is 1. The first kappa shape index (κ1) is 14.7. The highest BCUT2D eigenvalue weighted by molar-refractivity contribution is 6.31. The number of methoxy groups -OCH3 is 1. The Morgan fingerprint density at radius 1 is 1.15 bits per heavy atom. The number of hydrogen-bond donors (Lipinski definition) is 1. The second-order valence-corrected chi connectivity index (χ2v) is 5.01. The van der Waals surface area contributed by atoms with E-state index in [0.29, 0.717) is 6.61 Å². The van der Waals surface area contributed by atoms with E-state index in [1.807, 2.05) is 49.4 Å². The molecule has 3 nitrogen and oxygen atoms in total. The van der Waals surface area contributed by atoms with Crippen LogP contribution in [0.15, 0.2) is 42.5 Å². The van der Waals surface area contributed by atoms with Crippen molar-refractivity contribution in [3.05, 3.63) is 58.6 Å². The summed E-state index contributed by atoms with van der Waals surface area (Å²) in [6, 6.07) is 13.0. The molecule has 0 saturated heterocycles. The molecule has 0 amide bonds. The second-order valence-electron chi connectivity index (χ2n) is 4.61. The van der Waals surface area contributed by atoms with Crippen LogP contribution in [-0.4, -0.2) is 13.7 Å². The number of ether oxygens (including phenoxy) is 2. The molecule has 0 aliphatic carbocycles. The van der Waals surface area contributed by atoms with E-state index in [1.54, 1.807) is 7.11 Å². The first-order chi connectivity index (χ1) is 9.60. The molecule has 2 N–H and O–H groups in total. The normalized spacial score (nSPS) is 12.0. The van der Waals surface area contributed by atoms with E-state index >= 15 is 0 Å². The molecule has 4 heteroatoms. The first-order valence-corrected chi connectivity index (χ1v) is 6.76. The largest absolute Gasteiger partial charge is 0.497 e. The summed E-state index contributed by atoms with van der Waals surface area (Å²) in [5, 5.41) is 0.731. The van der Waals surface area contributed by atoms with Gasteiger partial charge in [-0.3, -0.25) is 0 Å². The van der Waals surface area contributed by atoms with E-state index in [9.17, 15) is 0 Å². The standard InChI is InChI=1S/C16H18ClNO2/c1-11-8-14(6-7-15(11)17)20-10-16(18)12-4-3-5-13(9-12)19-2/h3-9,16H,10,18H2,1-2H3. The summed E-state index contributed by atoms with van der Waals surface area (Å²) >= 11 is 5.98. The second kappa shape index (κ2) is 6.64. The Bertz CT molecular complexity index is 586. The molecule has 0 radical (unpaired) electrons. The van der Waals surface area contributed by atoms with Crippen LogP contribution in [0.2, 0.25) is 5.02 Å². The van der Waals surface area contributed by atoms with Crippen LogP contribution in [-0.2, 0) is 0 Å². The Labute approximate surface area is 124 Å². The minimum Gasteiger partial charge on any atom is -0.497 e. The molecular weight excluding hydrogens is 274 g/mol. The number of halogens is 1. The summed E-state index contributed by atoms with van der Waals surface area (Å²) in [4.78, 5) is 0. The zero-order chi connectivity index (χ0) is 14.5. The van der Waals surface area contributed by atoms with Crippen LogP contribution in [0.5, 0.6) is 11.5 Å². The van der Waals surface area contributed by atoms with E-state index in [4.69, 9.17) is 26.8 Å². The Balaban J connectivity index is 2.00. The molecular formula is C16H18ClNO2. The topological polar surface area (TPSA) is 44.5 Å². The quantitative estimate of drug-likeness (QED) is 0.913. The molecule has 0 heterocycles. The molecule has 2 rings (SSSR count). The molecule has 20 heavy (non-hydrogen) atoms. The molecule has 0 bridgehead atoms. The van der Waals surface area contributed by atoms with E-state index in [0.717, 1.165) is 27.6 Å². The summed E-state index contributed by atoms with van der Waals surface area (Å²) in [6.45, 7) is 2.34. The third kappa shape index (κ3) is 3.65. The minimum atomic E-state index is -0.207. The fourth-order valence-corrected chi connectivity index (χ4v) is 1.98. The van der Waals surface area contributed by atoms with Crippen molar-refractivity contribution in [2.75, 3.05) is 13.7 Å². The van der Waals surface area contributed by atoms with E-state index in [-0.39, 0.29) is 6.04 Å². The molecule has 1 atom stereocenters. The highest BCUT2D eigenvalue weighted by atomic mass is 35.5. The molecule has 2 aromatic rings. The highest BCUT2D eigenvalue weighted by Gasteiger charge is 2.08. The van der Waals surface area contributed by atoms with Crippen molar-refractivity contribution in [3.8, 4) is 11.5 Å². The Kier molecular flexibility index (Phi) is 4.88. The molecule has 0 saturated carbocycles. The maximum atomic E-state index is 6.13. The molecule has 0 fully saturated rings. The van der Waals surface area contributed by atoms with E-state index in [1.165, 1.54) is 0 Å². The summed E-state index contributed by atoms with van der Waals surface area (Å²) in [5.41, 5.74) is 8.09. The van der Waals surface area contributed by atoms with Crippen LogP contribution in [0.3, 0.4) is 0 Å². The van der Waals surface area contributed by atoms with Gasteiger partial charge in [-0.25, -0.2) is 0 Å². The van der Waals surface area contributed by atoms with Crippen molar-refractivity contribution < 1.29 is 9.47 Å². The predicted octanol–water partition coefficient (Wildman–Crippen LogP) is 3.74. The SMILES string of the molecule is COc1cccc(C(N)COc2ccc(Cl)c(C)c2)c1. The van der Waals surface area contributed by atoms with Gasteiger partial charge in [-0.05, 0) is 48.4 Å². The van der Waals surface area contributed by atoms with Gasteiger partial charge >= 0.3 is 0 Å². The zero-order valence-corrected chi connectivity index (χ0v) is 12.4. The maximum Gasteiger partial charge on any atom is 0.119 e. The summed E-state index contributed by atoms with van der Waals surface area (Å²) in [7, 11) is 1.64. The first-order valence-electron chi connectivity index (χ1n) is 6.38. The Morgan fingerprint density at radius 2 is 1.95 bits per heavy atom. The van der Waals surface area contributed by atoms with Crippen molar-refractivity contribution in [1.82, 2.24) is 0 Å². The Morgan fingerprint density at radius 3 is 2.65 bits per heavy atom. The van der Waals surface area contributed by atoms with Gasteiger partial charge in [0.05, 0.1) is 13.2 Å². The lowest BCUT2D eigenvalue weighted by molar-refractivity contribution is 0.290. The van der Waals surface area contributed by atoms with Crippen molar-refractivity contribution >= 4 is 11.6 Å². The Hall–Kier alpha value is -1.71. The van der Waals surface area contributed by atoms with Gasteiger partial charge in [0, 0.05) is 5.02 Å². The number of benzene rings is 2. The van der Waals surface area contributed by atoms with E-state index < -0.39 is 0 Å². The lowest BCUT2D eigenvalue weighted by atomic mass is 10.1. The average Bonchev–Trinajstić information content (AvgIpc) is 2.48. The van der Waals surface area contributed by atoms with Gasteiger partial charge in [0.25, 0.3) is 0 Å². The van der Waals surface area contributed by atoms with Crippen molar-refractivity contribution in [2.45, 2.75) is 13.0 Å². The van der Waals surface area contributed by atoms with Gasteiger partial charge in [-0.2, -0.15) is 0 Å². The fourth-order valence-electron chi connectivity index (χ4n) is 1.86. The molecule has 106 valence electrons. The van der Waals surface area contributed by atoms with Gasteiger partial charge < -0.3 is 15.2 Å².